The van der Waals surface area contributed by atoms with E-state index < -0.39 is 0 Å². The van der Waals surface area contributed by atoms with Gasteiger partial charge in [-0.3, -0.25) is 9.59 Å². The molecule has 1 aliphatic heterocycles. The fourth-order valence-corrected chi connectivity index (χ4v) is 7.42. The van der Waals surface area contributed by atoms with Crippen LogP contribution in [0.5, 0.6) is 0 Å². The van der Waals surface area contributed by atoms with Crippen LogP contribution >= 0.6 is 0 Å². The Morgan fingerprint density at radius 1 is 1.11 bits per heavy atom. The average Bonchev–Trinajstić information content (AvgIpc) is 2.86. The van der Waals surface area contributed by atoms with E-state index in [1.54, 1.807) is 6.08 Å². The van der Waals surface area contributed by atoms with Crippen LogP contribution in [0.25, 0.3) is 0 Å². The lowest BCUT2D eigenvalue weighted by atomic mass is 9.52. The number of nitrogens with one attached hydrogen (secondary N) is 2. The lowest BCUT2D eigenvalue weighted by molar-refractivity contribution is -0.133. The number of hydrogen-bond acceptors (Lipinski definition) is 2. The maximum Gasteiger partial charge on any atom is 0.243 e. The van der Waals surface area contributed by atoms with Gasteiger partial charge in [0.15, 0.2) is 0 Å². The molecule has 3 aliphatic carbocycles. The van der Waals surface area contributed by atoms with Crippen LogP contribution in [0.4, 0.5) is 0 Å². The third-order valence-corrected chi connectivity index (χ3v) is 8.74. The molecule has 0 bridgehead atoms. The highest BCUT2D eigenvalue weighted by Crippen LogP contribution is 2.64. The third kappa shape index (κ3) is 3.11. The molecule has 4 rings (SSSR count). The van der Waals surface area contributed by atoms with E-state index in [9.17, 15) is 9.59 Å². The molecule has 0 aromatic heterocycles. The van der Waals surface area contributed by atoms with Crippen molar-refractivity contribution in [3.63, 3.8) is 0 Å². The Kier molecular flexibility index (Phi) is 4.71. The summed E-state index contributed by atoms with van der Waals surface area (Å²) >= 11 is 0. The van der Waals surface area contributed by atoms with Crippen molar-refractivity contribution in [3.8, 4) is 0 Å². The second kappa shape index (κ2) is 6.60. The molecule has 0 aromatic carbocycles. The molecule has 2 amide bonds. The van der Waals surface area contributed by atoms with Gasteiger partial charge in [0.05, 0.1) is 0 Å². The summed E-state index contributed by atoms with van der Waals surface area (Å²) in [6.45, 7) is 11.0. The standard InChI is InChI=1S/C24H38N2O2/c1-22(2,3)26-21(28)18-10-9-16-15-7-6-8-19-24(5,14-12-20(27)25-19)17(15)11-13-23(16,18)4/h12,14-19H,6-11,13H2,1-5H3,(H,25,27)(H,26,28)/t15-,16+,17+,18-,19-,23+,24-/m1/s1. The van der Waals surface area contributed by atoms with E-state index in [1.165, 1.54) is 25.7 Å². The monoisotopic (exact) mass is 386 g/mol. The molecule has 2 N–H and O–H groups in total. The van der Waals surface area contributed by atoms with Crippen molar-refractivity contribution >= 4 is 11.8 Å². The van der Waals surface area contributed by atoms with Gasteiger partial charge in [0.2, 0.25) is 11.8 Å². The molecule has 0 unspecified atom stereocenters. The number of amides is 2. The van der Waals surface area contributed by atoms with Crippen LogP contribution < -0.4 is 10.6 Å². The number of carbonyl (C=O) groups excluding carboxylic acids is 2. The lowest BCUT2D eigenvalue weighted by Crippen LogP contribution is -2.55. The Morgan fingerprint density at radius 3 is 2.57 bits per heavy atom. The minimum absolute atomic E-state index is 0.0577. The topological polar surface area (TPSA) is 58.2 Å². The van der Waals surface area contributed by atoms with Crippen LogP contribution in [0.2, 0.25) is 0 Å². The summed E-state index contributed by atoms with van der Waals surface area (Å²) in [6.07, 6.45) is 12.0. The van der Waals surface area contributed by atoms with Gasteiger partial charge < -0.3 is 10.6 Å². The van der Waals surface area contributed by atoms with Crippen molar-refractivity contribution in [2.75, 3.05) is 0 Å². The smallest absolute Gasteiger partial charge is 0.243 e. The summed E-state index contributed by atoms with van der Waals surface area (Å²) in [5.41, 5.74) is 0.00728. The third-order valence-electron chi connectivity index (χ3n) is 8.74. The fraction of sp³-hybridized carbons (Fsp3) is 0.833. The maximum atomic E-state index is 13.1. The molecule has 0 spiro atoms. The average molecular weight is 387 g/mol. The van der Waals surface area contributed by atoms with E-state index in [0.717, 1.165) is 19.3 Å². The molecule has 28 heavy (non-hydrogen) atoms. The molecule has 156 valence electrons. The highest BCUT2D eigenvalue weighted by molar-refractivity contribution is 5.89. The second-order valence-electron chi connectivity index (χ2n) is 11.5. The highest BCUT2D eigenvalue weighted by atomic mass is 16.2. The summed E-state index contributed by atoms with van der Waals surface area (Å²) in [4.78, 5) is 25.1. The number of rotatable bonds is 1. The second-order valence-corrected chi connectivity index (χ2v) is 11.5. The first-order valence-corrected chi connectivity index (χ1v) is 11.4. The molecule has 1 heterocycles. The van der Waals surface area contributed by atoms with E-state index in [4.69, 9.17) is 0 Å². The normalized spacial score (nSPS) is 45.3. The zero-order valence-corrected chi connectivity index (χ0v) is 18.3. The first-order chi connectivity index (χ1) is 13.0. The Balaban J connectivity index is 1.61. The summed E-state index contributed by atoms with van der Waals surface area (Å²) < 4.78 is 0. The van der Waals surface area contributed by atoms with E-state index in [1.807, 2.05) is 0 Å². The van der Waals surface area contributed by atoms with Gasteiger partial charge >= 0.3 is 0 Å². The molecular formula is C24H38N2O2. The van der Waals surface area contributed by atoms with Gasteiger partial charge in [-0.15, -0.1) is 0 Å². The van der Waals surface area contributed by atoms with E-state index in [0.29, 0.717) is 17.8 Å². The van der Waals surface area contributed by atoms with Crippen LogP contribution in [-0.2, 0) is 9.59 Å². The van der Waals surface area contributed by atoms with Gasteiger partial charge in [-0.2, -0.15) is 0 Å². The van der Waals surface area contributed by atoms with Crippen molar-refractivity contribution in [3.05, 3.63) is 12.2 Å². The number of fused-ring (bicyclic) bond motifs is 5. The summed E-state index contributed by atoms with van der Waals surface area (Å²) in [7, 11) is 0. The molecule has 4 heteroatoms. The van der Waals surface area contributed by atoms with Crippen LogP contribution in [0.15, 0.2) is 12.2 Å². The summed E-state index contributed by atoms with van der Waals surface area (Å²) in [5, 5.41) is 6.53. The van der Waals surface area contributed by atoms with Crippen molar-refractivity contribution in [1.29, 1.82) is 0 Å². The van der Waals surface area contributed by atoms with Gasteiger partial charge in [-0.1, -0.05) is 26.3 Å². The van der Waals surface area contributed by atoms with Crippen LogP contribution in [0.3, 0.4) is 0 Å². The number of carbonyl (C=O) groups is 2. The first kappa shape index (κ1) is 20.0. The molecule has 7 atom stereocenters. The van der Waals surface area contributed by atoms with Crippen LogP contribution in [0.1, 0.15) is 79.6 Å². The van der Waals surface area contributed by atoms with E-state index in [-0.39, 0.29) is 40.1 Å². The molecule has 3 saturated carbocycles. The first-order valence-electron chi connectivity index (χ1n) is 11.4. The van der Waals surface area contributed by atoms with Gasteiger partial charge in [0.25, 0.3) is 0 Å². The minimum Gasteiger partial charge on any atom is -0.351 e. The van der Waals surface area contributed by atoms with Crippen molar-refractivity contribution in [1.82, 2.24) is 10.6 Å². The van der Waals surface area contributed by atoms with Gasteiger partial charge in [0, 0.05) is 22.9 Å². The maximum absolute atomic E-state index is 13.1. The zero-order valence-electron chi connectivity index (χ0n) is 18.3. The Labute approximate surface area is 170 Å². The number of hydrogen-bond donors (Lipinski definition) is 2. The lowest BCUT2D eigenvalue weighted by Gasteiger charge is -2.54. The van der Waals surface area contributed by atoms with Crippen molar-refractivity contribution in [2.24, 2.45) is 34.5 Å². The molecular weight excluding hydrogens is 348 g/mol. The van der Waals surface area contributed by atoms with Gasteiger partial charge in [0.1, 0.15) is 0 Å². The molecule has 0 saturated heterocycles. The summed E-state index contributed by atoms with van der Waals surface area (Å²) in [5.74, 6) is 2.38. The largest absolute Gasteiger partial charge is 0.351 e. The van der Waals surface area contributed by atoms with Crippen molar-refractivity contribution < 1.29 is 9.59 Å². The fourth-order valence-electron chi connectivity index (χ4n) is 7.42. The zero-order chi connectivity index (χ0) is 20.3. The van der Waals surface area contributed by atoms with E-state index in [2.05, 4.69) is 51.3 Å². The Bertz CT molecular complexity index is 693. The highest BCUT2D eigenvalue weighted by Gasteiger charge is 2.60. The molecule has 4 nitrogen and oxygen atoms in total. The van der Waals surface area contributed by atoms with Crippen molar-refractivity contribution in [2.45, 2.75) is 91.1 Å². The van der Waals surface area contributed by atoms with Gasteiger partial charge in [-0.25, -0.2) is 0 Å². The predicted octanol–water partition coefficient (Wildman–Crippen LogP) is 4.20. The molecule has 3 fully saturated rings. The van der Waals surface area contributed by atoms with Gasteiger partial charge in [-0.05, 0) is 88.5 Å². The minimum atomic E-state index is -0.170. The molecule has 4 aliphatic rings. The van der Waals surface area contributed by atoms with Crippen LogP contribution in [-0.4, -0.2) is 23.4 Å². The van der Waals surface area contributed by atoms with Crippen LogP contribution in [0, 0.1) is 34.5 Å². The molecule has 0 aromatic rings. The Hall–Kier alpha value is -1.32. The Morgan fingerprint density at radius 2 is 1.86 bits per heavy atom. The molecule has 0 radical (unpaired) electrons. The SMILES string of the molecule is CC(C)(C)NC(=O)[C@H]1CC[C@H]2[C@H]3CCC[C@H]4NC(=O)C=C[C@]4(C)[C@H]3CC[C@]12C. The van der Waals surface area contributed by atoms with E-state index >= 15 is 0 Å². The predicted molar refractivity (Wildman–Crippen MR) is 111 cm³/mol. The summed E-state index contributed by atoms with van der Waals surface area (Å²) in [6, 6.07) is 0.269. The quantitative estimate of drug-likeness (QED) is 0.709.